The van der Waals surface area contributed by atoms with Crippen LogP contribution in [0.25, 0.3) is 0 Å². The molecule has 190 valence electrons. The van der Waals surface area contributed by atoms with Crippen molar-refractivity contribution in [2.24, 2.45) is 11.8 Å². The zero-order chi connectivity index (χ0) is 24.8. The number of rotatable bonds is 12. The van der Waals surface area contributed by atoms with Crippen LogP contribution < -0.4 is 0 Å². The highest BCUT2D eigenvalue weighted by Crippen LogP contribution is 2.47. The number of epoxide rings is 1. The molecule has 0 spiro atoms. The molecule has 2 aliphatic rings. The average molecular weight is 469 g/mol. The number of allylic oxidation sites excluding steroid dienone is 3. The first kappa shape index (κ1) is 28.0. The maximum absolute atomic E-state index is 11.6. The van der Waals surface area contributed by atoms with Crippen LogP contribution in [0.15, 0.2) is 23.8 Å². The number of hydrogen-bond acceptors (Lipinski definition) is 7. The van der Waals surface area contributed by atoms with Crippen molar-refractivity contribution in [3.8, 4) is 0 Å². The number of hydrogen-bond donors (Lipinski definition) is 1. The third-order valence-electron chi connectivity index (χ3n) is 7.03. The van der Waals surface area contributed by atoms with Crippen LogP contribution in [-0.2, 0) is 28.5 Å². The first-order chi connectivity index (χ1) is 15.6. The molecule has 0 aromatic heterocycles. The summed E-state index contributed by atoms with van der Waals surface area (Å²) < 4.78 is 28.1. The van der Waals surface area contributed by atoms with Crippen molar-refractivity contribution in [2.75, 3.05) is 21.3 Å². The number of aliphatic hydroxyl groups is 1. The van der Waals surface area contributed by atoms with Gasteiger partial charge in [-0.25, -0.2) is 0 Å². The first-order valence-electron chi connectivity index (χ1n) is 12.0. The summed E-state index contributed by atoms with van der Waals surface area (Å²) in [4.78, 5) is 11.6. The minimum absolute atomic E-state index is 0.0235. The second-order valence-corrected chi connectivity index (χ2v) is 9.94. The van der Waals surface area contributed by atoms with Crippen molar-refractivity contribution >= 4 is 5.97 Å². The molecule has 0 aliphatic carbocycles. The molecular weight excluding hydrogens is 424 g/mol. The monoisotopic (exact) mass is 468 g/mol. The van der Waals surface area contributed by atoms with E-state index in [1.165, 1.54) is 7.11 Å². The van der Waals surface area contributed by atoms with Crippen molar-refractivity contribution in [2.45, 2.75) is 103 Å². The Balaban J connectivity index is 1.92. The van der Waals surface area contributed by atoms with E-state index in [0.717, 1.165) is 24.8 Å². The lowest BCUT2D eigenvalue weighted by molar-refractivity contribution is -0.152. The molecule has 0 bridgehead atoms. The van der Waals surface area contributed by atoms with Gasteiger partial charge in [-0.05, 0) is 51.5 Å². The number of carbonyl (C=O) groups excluding carboxylic acids is 1. The lowest BCUT2D eigenvalue weighted by atomic mass is 9.86. The Hall–Kier alpha value is -1.25. The maximum atomic E-state index is 11.6. The fourth-order valence-corrected chi connectivity index (χ4v) is 5.23. The number of carbonyl (C=O) groups is 1. The molecule has 33 heavy (non-hydrogen) atoms. The van der Waals surface area contributed by atoms with Gasteiger partial charge in [-0.2, -0.15) is 0 Å². The Morgan fingerprint density at radius 3 is 2.48 bits per heavy atom. The predicted octanol–water partition coefficient (Wildman–Crippen LogP) is 3.83. The number of ether oxygens (including phenoxy) is 5. The second-order valence-electron chi connectivity index (χ2n) is 9.94. The normalized spacial score (nSPS) is 34.0. The van der Waals surface area contributed by atoms with Crippen LogP contribution in [0.1, 0.15) is 60.3 Å². The van der Waals surface area contributed by atoms with Gasteiger partial charge in [0.2, 0.25) is 0 Å². The van der Waals surface area contributed by atoms with Gasteiger partial charge in [0.15, 0.2) is 0 Å². The van der Waals surface area contributed by atoms with E-state index in [1.54, 1.807) is 21.1 Å². The van der Waals surface area contributed by atoms with Gasteiger partial charge in [0.1, 0.15) is 6.10 Å². The molecule has 2 aliphatic heterocycles. The molecule has 0 aromatic carbocycles. The molecule has 0 aromatic rings. The van der Waals surface area contributed by atoms with E-state index in [0.29, 0.717) is 5.92 Å². The van der Waals surface area contributed by atoms with Gasteiger partial charge < -0.3 is 28.8 Å². The molecule has 7 nitrogen and oxygen atoms in total. The van der Waals surface area contributed by atoms with Crippen LogP contribution in [0, 0.1) is 11.8 Å². The second kappa shape index (κ2) is 12.5. The van der Waals surface area contributed by atoms with Crippen LogP contribution in [-0.4, -0.2) is 74.6 Å². The minimum Gasteiger partial charge on any atom is -0.469 e. The van der Waals surface area contributed by atoms with E-state index < -0.39 is 6.10 Å². The highest BCUT2D eigenvalue weighted by atomic mass is 16.6. The summed E-state index contributed by atoms with van der Waals surface area (Å²) in [7, 11) is 4.73. The Bertz CT molecular complexity index is 688. The molecule has 2 heterocycles. The highest BCUT2D eigenvalue weighted by Gasteiger charge is 2.56. The van der Waals surface area contributed by atoms with Crippen LogP contribution in [0.3, 0.4) is 0 Å². The molecule has 2 fully saturated rings. The molecular formula is C26H44O7. The molecule has 0 amide bonds. The quantitative estimate of drug-likeness (QED) is 0.265. The molecule has 1 N–H and O–H groups in total. The smallest absolute Gasteiger partial charge is 0.308 e. The summed E-state index contributed by atoms with van der Waals surface area (Å²) >= 11 is 0. The molecule has 2 rings (SSSR count). The van der Waals surface area contributed by atoms with Gasteiger partial charge in [0, 0.05) is 20.1 Å². The van der Waals surface area contributed by atoms with Gasteiger partial charge >= 0.3 is 5.97 Å². The SMILES string of the molecule is COC(=O)C[C@H]1CC[C@@H](OC)[C@@H](/C(C)=C/C=C/[C@@H](C)C[C@@]2(C)O[C@@H]2[C@H](C)C(OC)[C@@H](C)O)O1. The summed E-state index contributed by atoms with van der Waals surface area (Å²) in [5.41, 5.74) is 0.864. The molecule has 7 heteroatoms. The molecule has 1 unspecified atom stereocenters. The summed E-state index contributed by atoms with van der Waals surface area (Å²) in [6.07, 6.45) is 8.05. The van der Waals surface area contributed by atoms with E-state index in [2.05, 4.69) is 39.0 Å². The zero-order valence-corrected chi connectivity index (χ0v) is 21.6. The fourth-order valence-electron chi connectivity index (χ4n) is 5.23. The van der Waals surface area contributed by atoms with Crippen molar-refractivity contribution < 1.29 is 33.6 Å². The Morgan fingerprint density at radius 1 is 1.21 bits per heavy atom. The highest BCUT2D eigenvalue weighted by molar-refractivity contribution is 5.69. The van der Waals surface area contributed by atoms with Crippen molar-refractivity contribution in [3.05, 3.63) is 23.8 Å². The molecule has 2 saturated heterocycles. The van der Waals surface area contributed by atoms with Gasteiger partial charge in [-0.15, -0.1) is 0 Å². The van der Waals surface area contributed by atoms with Crippen LogP contribution >= 0.6 is 0 Å². The average Bonchev–Trinajstić information content (AvgIpc) is 3.43. The Morgan fingerprint density at radius 2 is 1.91 bits per heavy atom. The van der Waals surface area contributed by atoms with Gasteiger partial charge in [0.25, 0.3) is 0 Å². The number of methoxy groups -OCH3 is 3. The maximum Gasteiger partial charge on any atom is 0.308 e. The van der Waals surface area contributed by atoms with E-state index in [4.69, 9.17) is 23.7 Å². The fraction of sp³-hybridized carbons (Fsp3) is 0.808. The van der Waals surface area contributed by atoms with Crippen LogP contribution in [0.5, 0.6) is 0 Å². The van der Waals surface area contributed by atoms with E-state index in [-0.39, 0.29) is 54.4 Å². The number of esters is 1. The van der Waals surface area contributed by atoms with Gasteiger partial charge in [0.05, 0.1) is 49.7 Å². The third-order valence-corrected chi connectivity index (χ3v) is 7.03. The number of aliphatic hydroxyl groups excluding tert-OH is 1. The van der Waals surface area contributed by atoms with Crippen molar-refractivity contribution in [1.82, 2.24) is 0 Å². The summed E-state index contributed by atoms with van der Waals surface area (Å²) in [6.45, 7) is 10.2. The lowest BCUT2D eigenvalue weighted by Crippen LogP contribution is -2.41. The largest absolute Gasteiger partial charge is 0.469 e. The van der Waals surface area contributed by atoms with E-state index >= 15 is 0 Å². The minimum atomic E-state index is -0.533. The lowest BCUT2D eigenvalue weighted by Gasteiger charge is -2.36. The van der Waals surface area contributed by atoms with E-state index in [1.807, 2.05) is 6.92 Å². The molecule has 9 atom stereocenters. The Kier molecular flexibility index (Phi) is 10.6. The summed E-state index contributed by atoms with van der Waals surface area (Å²) in [5.74, 6) is 0.186. The topological polar surface area (TPSA) is 86.8 Å². The van der Waals surface area contributed by atoms with Crippen molar-refractivity contribution in [3.63, 3.8) is 0 Å². The summed E-state index contributed by atoms with van der Waals surface area (Å²) in [6, 6.07) is 0. The van der Waals surface area contributed by atoms with Gasteiger partial charge in [-0.1, -0.05) is 32.1 Å². The Labute approximate surface area is 199 Å². The van der Waals surface area contributed by atoms with Crippen LogP contribution in [0.2, 0.25) is 0 Å². The summed E-state index contributed by atoms with van der Waals surface area (Å²) in [5, 5.41) is 9.96. The van der Waals surface area contributed by atoms with Crippen LogP contribution in [0.4, 0.5) is 0 Å². The standard InChI is InChI=1S/C26H44O7/c1-16(15-26(5)25(33-26)18(3)24(31-8)19(4)27)10-9-11-17(2)23-21(29-6)13-12-20(32-23)14-22(28)30-7/h9-11,16,18-21,23-25,27H,12-15H2,1-8H3/b10-9+,17-11+/t16-,18-,19-,20-,21-,23-,24?,25-,26-/m1/s1. The zero-order valence-electron chi connectivity index (χ0n) is 21.6. The molecule has 0 saturated carbocycles. The van der Waals surface area contributed by atoms with Gasteiger partial charge in [-0.3, -0.25) is 4.79 Å². The first-order valence-corrected chi connectivity index (χ1v) is 12.0. The third kappa shape index (κ3) is 7.62. The van der Waals surface area contributed by atoms with Crippen molar-refractivity contribution in [1.29, 1.82) is 0 Å². The molecule has 0 radical (unpaired) electrons. The predicted molar refractivity (Wildman–Crippen MR) is 127 cm³/mol. The van der Waals surface area contributed by atoms with E-state index in [9.17, 15) is 9.90 Å².